The summed E-state index contributed by atoms with van der Waals surface area (Å²) in [6.45, 7) is 0.434. The van der Waals surface area contributed by atoms with Gasteiger partial charge >= 0.3 is 0 Å². The molecule has 104 valence electrons. The molecule has 4 nitrogen and oxygen atoms in total. The molecule has 3 rings (SSSR count). The van der Waals surface area contributed by atoms with Crippen molar-refractivity contribution in [2.24, 2.45) is 0 Å². The van der Waals surface area contributed by atoms with Gasteiger partial charge in [-0.3, -0.25) is 4.79 Å². The average Bonchev–Trinajstić information content (AvgIpc) is 2.74. The van der Waals surface area contributed by atoms with Gasteiger partial charge < -0.3 is 10.2 Å². The zero-order valence-corrected chi connectivity index (χ0v) is 11.6. The van der Waals surface area contributed by atoms with Crippen LogP contribution in [0, 0.1) is 11.3 Å². The minimum Gasteiger partial charge on any atom is -0.358 e. The zero-order valence-electron chi connectivity index (χ0n) is 11.6. The van der Waals surface area contributed by atoms with Gasteiger partial charge in [-0.25, -0.2) is 0 Å². The monoisotopic (exact) mass is 269 g/mol. The van der Waals surface area contributed by atoms with Gasteiger partial charge in [0.1, 0.15) is 0 Å². The van der Waals surface area contributed by atoms with E-state index >= 15 is 0 Å². The number of carbonyl (C=O) groups is 1. The second-order valence-electron chi connectivity index (χ2n) is 5.67. The molecule has 1 amide bonds. The van der Waals surface area contributed by atoms with Gasteiger partial charge in [-0.05, 0) is 31.0 Å². The maximum absolute atomic E-state index is 11.9. The Labute approximate surface area is 119 Å². The van der Waals surface area contributed by atoms with Crippen LogP contribution in [0.25, 0.3) is 0 Å². The summed E-state index contributed by atoms with van der Waals surface area (Å²) < 4.78 is 0. The molecule has 1 fully saturated rings. The maximum atomic E-state index is 11.9. The molecule has 0 spiro atoms. The lowest BCUT2D eigenvalue weighted by atomic mass is 10.0. The summed E-state index contributed by atoms with van der Waals surface area (Å²) in [6, 6.07) is 8.16. The van der Waals surface area contributed by atoms with Crippen LogP contribution in [0.1, 0.15) is 44.1 Å². The first-order chi connectivity index (χ1) is 9.78. The standard InChI is InChI=1S/C16H19N3O/c17-10-12-7-8-15-14(9-12)18-16(20)11-19(15)13-5-3-1-2-4-6-13/h7-9,13H,1-6,11H2,(H,18,20). The van der Waals surface area contributed by atoms with Gasteiger partial charge in [0.25, 0.3) is 0 Å². The second-order valence-corrected chi connectivity index (χ2v) is 5.67. The van der Waals surface area contributed by atoms with Crippen molar-refractivity contribution in [1.29, 1.82) is 5.26 Å². The fourth-order valence-electron chi connectivity index (χ4n) is 3.28. The van der Waals surface area contributed by atoms with Crippen LogP contribution in [0.15, 0.2) is 18.2 Å². The van der Waals surface area contributed by atoms with E-state index < -0.39 is 0 Å². The summed E-state index contributed by atoms with van der Waals surface area (Å²) in [5.41, 5.74) is 2.44. The van der Waals surface area contributed by atoms with E-state index in [0.29, 0.717) is 18.2 Å². The molecule has 0 atom stereocenters. The molecule has 0 saturated heterocycles. The van der Waals surface area contributed by atoms with Crippen LogP contribution in [-0.4, -0.2) is 18.5 Å². The van der Waals surface area contributed by atoms with Crippen LogP contribution in [0.3, 0.4) is 0 Å². The number of fused-ring (bicyclic) bond motifs is 1. The van der Waals surface area contributed by atoms with Gasteiger partial charge in [-0.1, -0.05) is 25.7 Å². The summed E-state index contributed by atoms with van der Waals surface area (Å²) in [5, 5.41) is 11.9. The molecular formula is C16H19N3O. The predicted octanol–water partition coefficient (Wildman–Crippen LogP) is 3.04. The number of anilines is 2. The highest BCUT2D eigenvalue weighted by Gasteiger charge is 2.28. The molecule has 1 aromatic carbocycles. The Morgan fingerprint density at radius 1 is 1.20 bits per heavy atom. The van der Waals surface area contributed by atoms with Gasteiger partial charge in [0.15, 0.2) is 0 Å². The van der Waals surface area contributed by atoms with Crippen molar-refractivity contribution < 1.29 is 4.79 Å². The molecular weight excluding hydrogens is 250 g/mol. The molecule has 0 bridgehead atoms. The van der Waals surface area contributed by atoms with Gasteiger partial charge in [-0.15, -0.1) is 0 Å². The molecule has 0 aromatic heterocycles. The minimum atomic E-state index is 0.0248. The van der Waals surface area contributed by atoms with Crippen molar-refractivity contribution >= 4 is 17.3 Å². The normalized spacial score (nSPS) is 19.8. The Morgan fingerprint density at radius 3 is 2.65 bits per heavy atom. The highest BCUT2D eigenvalue weighted by Crippen LogP contribution is 2.34. The Bertz CT molecular complexity index is 553. The van der Waals surface area contributed by atoms with Crippen molar-refractivity contribution in [3.63, 3.8) is 0 Å². The summed E-state index contributed by atoms with van der Waals surface area (Å²) in [5.74, 6) is 0.0248. The number of benzene rings is 1. The quantitative estimate of drug-likeness (QED) is 0.797. The van der Waals surface area contributed by atoms with Crippen LogP contribution in [-0.2, 0) is 4.79 Å². The van der Waals surface area contributed by atoms with Crippen LogP contribution < -0.4 is 10.2 Å². The van der Waals surface area contributed by atoms with Gasteiger partial charge in [0.05, 0.1) is 29.6 Å². The van der Waals surface area contributed by atoms with E-state index in [1.165, 1.54) is 25.7 Å². The summed E-state index contributed by atoms with van der Waals surface area (Å²) in [7, 11) is 0. The van der Waals surface area contributed by atoms with Crippen molar-refractivity contribution in [2.75, 3.05) is 16.8 Å². The van der Waals surface area contributed by atoms with E-state index in [1.54, 1.807) is 6.07 Å². The number of nitrogens with one attached hydrogen (secondary N) is 1. The van der Waals surface area contributed by atoms with Crippen LogP contribution >= 0.6 is 0 Å². The maximum Gasteiger partial charge on any atom is 0.243 e. The fourth-order valence-corrected chi connectivity index (χ4v) is 3.28. The largest absolute Gasteiger partial charge is 0.358 e. The van der Waals surface area contributed by atoms with Crippen molar-refractivity contribution in [3.8, 4) is 6.07 Å². The summed E-state index contributed by atoms with van der Waals surface area (Å²) in [4.78, 5) is 14.2. The molecule has 0 radical (unpaired) electrons. The molecule has 1 saturated carbocycles. The number of nitriles is 1. The number of hydrogen-bond acceptors (Lipinski definition) is 3. The first-order valence-corrected chi connectivity index (χ1v) is 7.38. The third kappa shape index (κ3) is 2.49. The van der Waals surface area contributed by atoms with E-state index in [0.717, 1.165) is 24.2 Å². The summed E-state index contributed by atoms with van der Waals surface area (Å²) >= 11 is 0. The zero-order chi connectivity index (χ0) is 13.9. The van der Waals surface area contributed by atoms with Crippen LogP contribution in [0.4, 0.5) is 11.4 Å². The molecule has 0 unspecified atom stereocenters. The highest BCUT2D eigenvalue weighted by atomic mass is 16.2. The Balaban J connectivity index is 1.93. The van der Waals surface area contributed by atoms with E-state index in [9.17, 15) is 4.79 Å². The first kappa shape index (κ1) is 13.0. The molecule has 1 aliphatic heterocycles. The highest BCUT2D eigenvalue weighted by molar-refractivity contribution is 6.01. The minimum absolute atomic E-state index is 0.0248. The van der Waals surface area contributed by atoms with Crippen molar-refractivity contribution in [2.45, 2.75) is 44.6 Å². The van der Waals surface area contributed by atoms with E-state index in [1.807, 2.05) is 12.1 Å². The lowest BCUT2D eigenvalue weighted by Gasteiger charge is -2.37. The van der Waals surface area contributed by atoms with Crippen LogP contribution in [0.2, 0.25) is 0 Å². The Kier molecular flexibility index (Phi) is 3.60. The molecule has 1 aromatic rings. The number of rotatable bonds is 1. The van der Waals surface area contributed by atoms with Gasteiger partial charge in [-0.2, -0.15) is 5.26 Å². The van der Waals surface area contributed by atoms with Crippen LogP contribution in [0.5, 0.6) is 0 Å². The number of carbonyl (C=O) groups excluding carboxylic acids is 1. The van der Waals surface area contributed by atoms with Gasteiger partial charge in [0, 0.05) is 6.04 Å². The third-order valence-electron chi connectivity index (χ3n) is 4.29. The SMILES string of the molecule is N#Cc1ccc2c(c1)NC(=O)CN2C1CCCCCC1. The van der Waals surface area contributed by atoms with Crippen molar-refractivity contribution in [3.05, 3.63) is 23.8 Å². The smallest absolute Gasteiger partial charge is 0.243 e. The third-order valence-corrected chi connectivity index (χ3v) is 4.29. The Morgan fingerprint density at radius 2 is 1.95 bits per heavy atom. The fraction of sp³-hybridized carbons (Fsp3) is 0.500. The van der Waals surface area contributed by atoms with E-state index in [4.69, 9.17) is 5.26 Å². The first-order valence-electron chi connectivity index (χ1n) is 7.38. The molecule has 1 N–H and O–H groups in total. The number of amides is 1. The van der Waals surface area contributed by atoms with E-state index in [-0.39, 0.29) is 5.91 Å². The lowest BCUT2D eigenvalue weighted by molar-refractivity contribution is -0.115. The van der Waals surface area contributed by atoms with Crippen molar-refractivity contribution in [1.82, 2.24) is 0 Å². The molecule has 4 heteroatoms. The lowest BCUT2D eigenvalue weighted by Crippen LogP contribution is -2.44. The predicted molar refractivity (Wildman–Crippen MR) is 78.6 cm³/mol. The summed E-state index contributed by atoms with van der Waals surface area (Å²) in [6.07, 6.45) is 7.41. The molecule has 1 heterocycles. The molecule has 2 aliphatic rings. The molecule has 20 heavy (non-hydrogen) atoms. The topological polar surface area (TPSA) is 56.1 Å². The second kappa shape index (κ2) is 5.54. The Hall–Kier alpha value is -2.02. The number of hydrogen-bond donors (Lipinski definition) is 1. The van der Waals surface area contributed by atoms with Gasteiger partial charge in [0.2, 0.25) is 5.91 Å². The molecule has 1 aliphatic carbocycles. The van der Waals surface area contributed by atoms with E-state index in [2.05, 4.69) is 16.3 Å². The average molecular weight is 269 g/mol. The number of nitrogens with zero attached hydrogens (tertiary/aromatic N) is 2.